The smallest absolute Gasteiger partial charge is 0.345 e. The average molecular weight is 344 g/mol. The van der Waals surface area contributed by atoms with Gasteiger partial charge in [0, 0.05) is 0 Å². The van der Waals surface area contributed by atoms with Crippen molar-refractivity contribution in [3.63, 3.8) is 0 Å². The summed E-state index contributed by atoms with van der Waals surface area (Å²) in [5.41, 5.74) is 1.28. The average Bonchev–Trinajstić information content (AvgIpc) is 2.66. The molecule has 25 heavy (non-hydrogen) atoms. The van der Waals surface area contributed by atoms with Crippen LogP contribution in [0.1, 0.15) is 17.2 Å². The molecule has 0 heterocycles. The van der Waals surface area contributed by atoms with Crippen molar-refractivity contribution in [2.24, 2.45) is 0 Å². The van der Waals surface area contributed by atoms with Crippen molar-refractivity contribution in [1.29, 1.82) is 0 Å². The molecule has 7 nitrogen and oxygen atoms in total. The summed E-state index contributed by atoms with van der Waals surface area (Å²) in [6.07, 6.45) is -5.27. The Bertz CT molecular complexity index is 675. The van der Waals surface area contributed by atoms with E-state index in [2.05, 4.69) is 4.74 Å². The highest BCUT2D eigenvalue weighted by Crippen LogP contribution is 2.26. The molecule has 0 amide bonds. The summed E-state index contributed by atoms with van der Waals surface area (Å²) in [5.74, 6) is -2.68. The highest BCUT2D eigenvalue weighted by atomic mass is 16.6. The molecule has 0 radical (unpaired) electrons. The Balaban J connectivity index is 2.21. The van der Waals surface area contributed by atoms with Crippen LogP contribution in [0.15, 0.2) is 60.7 Å². The zero-order chi connectivity index (χ0) is 18.2. The summed E-state index contributed by atoms with van der Waals surface area (Å²) in [7, 11) is 0. The molecule has 2 rings (SSSR count). The fourth-order valence-corrected chi connectivity index (χ4v) is 2.14. The minimum atomic E-state index is -2.23. The third-order valence-electron chi connectivity index (χ3n) is 3.38. The Hall–Kier alpha value is -3.03. The van der Waals surface area contributed by atoms with E-state index < -0.39 is 30.3 Å². The number of carbonyl (C=O) groups is 3. The highest BCUT2D eigenvalue weighted by Gasteiger charge is 2.34. The zero-order valence-electron chi connectivity index (χ0n) is 13.0. The molecule has 2 N–H and O–H groups in total. The first kappa shape index (κ1) is 18.3. The maximum Gasteiger partial charge on any atom is 0.345 e. The molecule has 0 spiro atoms. The minimum absolute atomic E-state index is 0.208. The second-order valence-electron chi connectivity index (χ2n) is 5.06. The number of carbonyl (C=O) groups excluding carboxylic acids is 3. The lowest BCUT2D eigenvalue weighted by Gasteiger charge is -2.21. The second kappa shape index (κ2) is 8.72. The maximum absolute atomic E-state index is 12.1. The number of hydrogen-bond acceptors (Lipinski definition) is 7. The van der Waals surface area contributed by atoms with Gasteiger partial charge in [-0.3, -0.25) is 4.79 Å². The van der Waals surface area contributed by atoms with Crippen LogP contribution in [0.2, 0.25) is 0 Å². The summed E-state index contributed by atoms with van der Waals surface area (Å²) in [4.78, 5) is 33.5. The topological polar surface area (TPSA) is 110 Å². The molecule has 0 aliphatic heterocycles. The molecule has 2 atom stereocenters. The van der Waals surface area contributed by atoms with Gasteiger partial charge in [-0.1, -0.05) is 60.7 Å². The van der Waals surface area contributed by atoms with E-state index in [0.717, 1.165) is 0 Å². The van der Waals surface area contributed by atoms with E-state index in [9.17, 15) is 24.6 Å². The van der Waals surface area contributed by atoms with Crippen LogP contribution in [0.4, 0.5) is 0 Å². The molecule has 2 aromatic rings. The number of hydrogen-bond donors (Lipinski definition) is 2. The zero-order valence-corrected chi connectivity index (χ0v) is 13.0. The molecule has 130 valence electrons. The predicted molar refractivity (Wildman–Crippen MR) is 85.0 cm³/mol. The van der Waals surface area contributed by atoms with E-state index in [4.69, 9.17) is 4.74 Å². The van der Waals surface area contributed by atoms with Crippen molar-refractivity contribution in [3.05, 3.63) is 71.8 Å². The molecule has 0 saturated carbocycles. The van der Waals surface area contributed by atoms with Crippen molar-refractivity contribution < 1.29 is 34.1 Å². The molecule has 2 aromatic carbocycles. The van der Waals surface area contributed by atoms with Crippen molar-refractivity contribution in [2.45, 2.75) is 18.3 Å². The molecule has 0 fully saturated rings. The lowest BCUT2D eigenvalue weighted by Crippen LogP contribution is -2.42. The van der Waals surface area contributed by atoms with Crippen molar-refractivity contribution in [3.8, 4) is 0 Å². The molecular weight excluding hydrogens is 328 g/mol. The van der Waals surface area contributed by atoms with Gasteiger partial charge in [0.25, 0.3) is 0 Å². The largest absolute Gasteiger partial charge is 0.451 e. The first-order chi connectivity index (χ1) is 12.0. The summed E-state index contributed by atoms with van der Waals surface area (Å²) in [5, 5.41) is 19.3. The van der Waals surface area contributed by atoms with Crippen LogP contribution < -0.4 is 0 Å². The first-order valence-corrected chi connectivity index (χ1v) is 7.35. The van der Waals surface area contributed by atoms with Gasteiger partial charge in [-0.2, -0.15) is 0 Å². The molecule has 0 saturated heterocycles. The van der Waals surface area contributed by atoms with E-state index in [0.29, 0.717) is 11.1 Å². The van der Waals surface area contributed by atoms with Gasteiger partial charge in [-0.25, -0.2) is 9.59 Å². The monoisotopic (exact) mass is 344 g/mol. The van der Waals surface area contributed by atoms with Crippen LogP contribution in [0.5, 0.6) is 0 Å². The molecule has 0 aliphatic rings. The van der Waals surface area contributed by atoms with Gasteiger partial charge >= 0.3 is 18.4 Å². The Morgan fingerprint density at radius 2 is 1.24 bits per heavy atom. The number of aliphatic hydroxyl groups is 2. The molecule has 0 aromatic heterocycles. The molecule has 0 aliphatic carbocycles. The quantitative estimate of drug-likeness (QED) is 0.433. The minimum Gasteiger partial charge on any atom is -0.451 e. The van der Waals surface area contributed by atoms with E-state index in [1.165, 1.54) is 0 Å². The van der Waals surface area contributed by atoms with Crippen LogP contribution in [-0.4, -0.2) is 40.8 Å². The third-order valence-corrected chi connectivity index (χ3v) is 3.38. The number of ether oxygens (including phenoxy) is 2. The molecular formula is C18H16O7. The predicted octanol–water partition coefficient (Wildman–Crippen LogP) is 0.741. The fraction of sp³-hybridized carbons (Fsp3) is 0.167. The summed E-state index contributed by atoms with van der Waals surface area (Å²) in [6.45, 7) is -0.208. The normalized spacial score (nSPS) is 12.9. The van der Waals surface area contributed by atoms with E-state index in [1.807, 2.05) is 0 Å². The van der Waals surface area contributed by atoms with Crippen LogP contribution in [0.3, 0.4) is 0 Å². The Labute approximate surface area is 143 Å². The number of esters is 2. The van der Waals surface area contributed by atoms with E-state index in [-0.39, 0.29) is 6.47 Å². The molecule has 7 heteroatoms. The van der Waals surface area contributed by atoms with Crippen molar-refractivity contribution in [2.75, 3.05) is 0 Å². The van der Waals surface area contributed by atoms with Crippen molar-refractivity contribution in [1.82, 2.24) is 0 Å². The third kappa shape index (κ3) is 4.72. The number of benzene rings is 2. The Morgan fingerprint density at radius 1 is 0.800 bits per heavy atom. The van der Waals surface area contributed by atoms with Crippen LogP contribution in [0.25, 0.3) is 0 Å². The first-order valence-electron chi connectivity index (χ1n) is 7.35. The van der Waals surface area contributed by atoms with Crippen LogP contribution in [0, 0.1) is 0 Å². The summed E-state index contributed by atoms with van der Waals surface area (Å²) >= 11 is 0. The van der Waals surface area contributed by atoms with Crippen molar-refractivity contribution >= 4 is 18.4 Å². The summed E-state index contributed by atoms with van der Waals surface area (Å²) in [6, 6.07) is 17.5. The van der Waals surface area contributed by atoms with E-state index in [1.54, 1.807) is 60.7 Å². The van der Waals surface area contributed by atoms with Gasteiger partial charge in [0.1, 0.15) is 0 Å². The number of aliphatic hydroxyl groups excluding tert-OH is 2. The second-order valence-corrected chi connectivity index (χ2v) is 5.06. The van der Waals surface area contributed by atoms with Crippen LogP contribution in [-0.2, 0) is 23.9 Å². The van der Waals surface area contributed by atoms with Gasteiger partial charge in [0.15, 0.2) is 18.3 Å². The maximum atomic E-state index is 12.1. The van der Waals surface area contributed by atoms with Gasteiger partial charge in [-0.15, -0.1) is 0 Å². The standard InChI is InChI=1S/C18H16O7/c19-11-24-17(22)14(20)15(21)18(23)25-16(12-7-3-1-4-8-12)13-9-5-2-6-10-13/h1-11,14-16,20-21H. The summed E-state index contributed by atoms with van der Waals surface area (Å²) < 4.78 is 9.20. The van der Waals surface area contributed by atoms with Gasteiger partial charge < -0.3 is 19.7 Å². The fourth-order valence-electron chi connectivity index (χ4n) is 2.14. The van der Waals surface area contributed by atoms with Crippen LogP contribution >= 0.6 is 0 Å². The SMILES string of the molecule is O=COC(=O)C(O)C(O)C(=O)OC(c1ccccc1)c1ccccc1. The molecule has 2 unspecified atom stereocenters. The van der Waals surface area contributed by atoms with E-state index >= 15 is 0 Å². The Kier molecular flexibility index (Phi) is 6.39. The van der Waals surface area contributed by atoms with Gasteiger partial charge in [0.2, 0.25) is 0 Å². The lowest BCUT2D eigenvalue weighted by molar-refractivity contribution is -0.176. The Morgan fingerprint density at radius 3 is 1.68 bits per heavy atom. The highest BCUT2D eigenvalue weighted by molar-refractivity contribution is 5.87. The van der Waals surface area contributed by atoms with Gasteiger partial charge in [0.05, 0.1) is 0 Å². The van der Waals surface area contributed by atoms with Gasteiger partial charge in [-0.05, 0) is 11.1 Å². The number of rotatable bonds is 7. The lowest BCUT2D eigenvalue weighted by atomic mass is 10.0. The molecule has 0 bridgehead atoms.